The maximum Gasteiger partial charge on any atom is 0.251 e. The SMILES string of the molecule is CCCCCCNC(=O)c1ccc(CSc2nc(Cl)cc(N3CCN(C)CC3)n2)cc1. The zero-order chi connectivity index (χ0) is 22.1. The quantitative estimate of drug-likeness (QED) is 0.243. The van der Waals surface area contributed by atoms with Gasteiger partial charge in [-0.1, -0.05) is 61.7 Å². The molecule has 1 saturated heterocycles. The second-order valence-corrected chi connectivity index (χ2v) is 9.25. The standard InChI is InChI=1S/C23H32ClN5OS/c1-3-4-5-6-11-25-22(30)19-9-7-18(8-10-19)17-31-23-26-20(24)16-21(27-23)29-14-12-28(2)13-15-29/h7-10,16H,3-6,11-15,17H2,1-2H3,(H,25,30). The number of rotatable bonds is 10. The fraction of sp³-hybridized carbons (Fsp3) is 0.522. The van der Waals surface area contributed by atoms with E-state index in [-0.39, 0.29) is 5.91 Å². The number of amides is 1. The topological polar surface area (TPSA) is 61.4 Å². The van der Waals surface area contributed by atoms with Crippen molar-refractivity contribution in [2.45, 2.75) is 43.5 Å². The lowest BCUT2D eigenvalue weighted by atomic mass is 10.1. The molecule has 1 N–H and O–H groups in total. The molecule has 3 rings (SSSR count). The minimum absolute atomic E-state index is 0.00862. The number of hydrogen-bond donors (Lipinski definition) is 1. The van der Waals surface area contributed by atoms with Gasteiger partial charge in [-0.05, 0) is 31.2 Å². The number of carbonyl (C=O) groups is 1. The zero-order valence-corrected chi connectivity index (χ0v) is 20.0. The number of carbonyl (C=O) groups excluding carboxylic acids is 1. The van der Waals surface area contributed by atoms with Crippen LogP contribution in [0.25, 0.3) is 0 Å². The molecule has 0 unspecified atom stereocenters. The molecule has 0 aliphatic carbocycles. The highest BCUT2D eigenvalue weighted by molar-refractivity contribution is 7.98. The first kappa shape index (κ1) is 23.8. The molecule has 0 spiro atoms. The summed E-state index contributed by atoms with van der Waals surface area (Å²) >= 11 is 7.82. The zero-order valence-electron chi connectivity index (χ0n) is 18.4. The van der Waals surface area contributed by atoms with E-state index in [0.29, 0.717) is 15.9 Å². The number of anilines is 1. The van der Waals surface area contributed by atoms with Gasteiger partial charge in [0.05, 0.1) is 0 Å². The van der Waals surface area contributed by atoms with Crippen LogP contribution in [-0.4, -0.2) is 60.5 Å². The van der Waals surface area contributed by atoms with E-state index in [4.69, 9.17) is 16.6 Å². The van der Waals surface area contributed by atoms with Gasteiger partial charge in [0.2, 0.25) is 0 Å². The summed E-state index contributed by atoms with van der Waals surface area (Å²) in [4.78, 5) is 25.9. The second-order valence-electron chi connectivity index (χ2n) is 7.92. The number of unbranched alkanes of at least 4 members (excludes halogenated alkanes) is 3. The maximum atomic E-state index is 12.3. The second kappa shape index (κ2) is 12.3. The van der Waals surface area contributed by atoms with Crippen molar-refractivity contribution >= 4 is 35.1 Å². The first-order chi connectivity index (χ1) is 15.0. The molecule has 1 aromatic carbocycles. The van der Waals surface area contributed by atoms with Gasteiger partial charge >= 0.3 is 0 Å². The molecule has 1 aliphatic rings. The summed E-state index contributed by atoms with van der Waals surface area (Å²) in [7, 11) is 2.13. The van der Waals surface area contributed by atoms with E-state index in [9.17, 15) is 4.79 Å². The number of thioether (sulfide) groups is 1. The van der Waals surface area contributed by atoms with E-state index < -0.39 is 0 Å². The fourth-order valence-electron chi connectivity index (χ4n) is 3.40. The Morgan fingerprint density at radius 2 is 1.84 bits per heavy atom. The first-order valence-corrected chi connectivity index (χ1v) is 12.4. The number of aromatic nitrogens is 2. The van der Waals surface area contributed by atoms with Crippen LogP contribution in [0.1, 0.15) is 48.5 Å². The third kappa shape index (κ3) is 7.66. The van der Waals surface area contributed by atoms with Crippen LogP contribution in [0.5, 0.6) is 0 Å². The first-order valence-electron chi connectivity index (χ1n) is 11.0. The van der Waals surface area contributed by atoms with Crippen molar-refractivity contribution in [2.75, 3.05) is 44.7 Å². The third-order valence-electron chi connectivity index (χ3n) is 5.39. The van der Waals surface area contributed by atoms with Gasteiger partial charge in [0.15, 0.2) is 5.16 Å². The van der Waals surface area contributed by atoms with E-state index in [1.165, 1.54) is 12.8 Å². The Hall–Kier alpha value is -1.83. The number of piperazine rings is 1. The molecule has 8 heteroatoms. The molecule has 0 atom stereocenters. The van der Waals surface area contributed by atoms with Crippen molar-refractivity contribution in [1.29, 1.82) is 0 Å². The number of likely N-dealkylation sites (N-methyl/N-ethyl adjacent to an activating group) is 1. The molecular formula is C23H32ClN5OS. The van der Waals surface area contributed by atoms with Crippen LogP contribution in [0.3, 0.4) is 0 Å². The molecule has 0 saturated carbocycles. The molecule has 1 aromatic heterocycles. The smallest absolute Gasteiger partial charge is 0.251 e. The van der Waals surface area contributed by atoms with Crippen LogP contribution < -0.4 is 10.2 Å². The predicted octanol–water partition coefficient (Wildman–Crippen LogP) is 4.48. The van der Waals surface area contributed by atoms with Gasteiger partial charge in [-0.3, -0.25) is 4.79 Å². The van der Waals surface area contributed by atoms with E-state index in [1.807, 2.05) is 30.3 Å². The number of nitrogens with one attached hydrogen (secondary N) is 1. The predicted molar refractivity (Wildman–Crippen MR) is 129 cm³/mol. The number of benzene rings is 1. The Kier molecular flexibility index (Phi) is 9.43. The van der Waals surface area contributed by atoms with Gasteiger partial charge < -0.3 is 15.1 Å². The Morgan fingerprint density at radius 1 is 1.10 bits per heavy atom. The lowest BCUT2D eigenvalue weighted by molar-refractivity contribution is 0.0953. The Labute approximate surface area is 194 Å². The van der Waals surface area contributed by atoms with Crippen LogP contribution in [0, 0.1) is 0 Å². The fourth-order valence-corrected chi connectivity index (χ4v) is 4.44. The molecule has 0 bridgehead atoms. The van der Waals surface area contributed by atoms with E-state index in [2.05, 4.69) is 34.1 Å². The minimum atomic E-state index is -0.00862. The van der Waals surface area contributed by atoms with Crippen molar-refractivity contribution in [3.8, 4) is 0 Å². The molecule has 0 radical (unpaired) electrons. The summed E-state index contributed by atoms with van der Waals surface area (Å²) in [6, 6.07) is 9.58. The van der Waals surface area contributed by atoms with Gasteiger partial charge in [-0.25, -0.2) is 9.97 Å². The molecule has 2 aromatic rings. The minimum Gasteiger partial charge on any atom is -0.354 e. The maximum absolute atomic E-state index is 12.3. The van der Waals surface area contributed by atoms with Crippen LogP contribution >= 0.6 is 23.4 Å². The molecular weight excluding hydrogens is 430 g/mol. The van der Waals surface area contributed by atoms with Crippen LogP contribution in [-0.2, 0) is 5.75 Å². The average Bonchev–Trinajstić information content (AvgIpc) is 2.78. The lowest BCUT2D eigenvalue weighted by Gasteiger charge is -2.33. The van der Waals surface area contributed by atoms with Crippen molar-refractivity contribution in [3.05, 3.63) is 46.6 Å². The number of hydrogen-bond acceptors (Lipinski definition) is 6. The van der Waals surface area contributed by atoms with Crippen molar-refractivity contribution in [3.63, 3.8) is 0 Å². The Bertz CT molecular complexity index is 840. The molecule has 1 aliphatic heterocycles. The summed E-state index contributed by atoms with van der Waals surface area (Å²) in [5.74, 6) is 1.61. The van der Waals surface area contributed by atoms with E-state index in [0.717, 1.165) is 62.7 Å². The average molecular weight is 462 g/mol. The number of halogens is 1. The summed E-state index contributed by atoms with van der Waals surface area (Å²) in [6.45, 7) is 6.83. The number of nitrogens with zero attached hydrogens (tertiary/aromatic N) is 4. The van der Waals surface area contributed by atoms with Crippen LogP contribution in [0.15, 0.2) is 35.5 Å². The van der Waals surface area contributed by atoms with Gasteiger partial charge in [0.1, 0.15) is 11.0 Å². The van der Waals surface area contributed by atoms with Crippen molar-refractivity contribution in [1.82, 2.24) is 20.2 Å². The molecule has 168 valence electrons. The summed E-state index contributed by atoms with van der Waals surface area (Å²) < 4.78 is 0. The molecule has 1 amide bonds. The molecule has 6 nitrogen and oxygen atoms in total. The summed E-state index contributed by atoms with van der Waals surface area (Å²) in [5, 5.41) is 4.14. The normalized spacial score (nSPS) is 14.6. The molecule has 2 heterocycles. The van der Waals surface area contributed by atoms with Crippen molar-refractivity contribution in [2.24, 2.45) is 0 Å². The summed E-state index contributed by atoms with van der Waals surface area (Å²) in [5.41, 5.74) is 1.81. The molecule has 1 fully saturated rings. The highest BCUT2D eigenvalue weighted by Crippen LogP contribution is 2.25. The van der Waals surface area contributed by atoms with Crippen LogP contribution in [0.2, 0.25) is 5.15 Å². The summed E-state index contributed by atoms with van der Waals surface area (Å²) in [6.07, 6.45) is 4.61. The Morgan fingerprint density at radius 3 is 2.55 bits per heavy atom. The van der Waals surface area contributed by atoms with Crippen molar-refractivity contribution < 1.29 is 4.79 Å². The Balaban J connectivity index is 1.51. The van der Waals surface area contributed by atoms with Gasteiger partial charge in [0.25, 0.3) is 5.91 Å². The van der Waals surface area contributed by atoms with Crippen LogP contribution in [0.4, 0.5) is 5.82 Å². The lowest BCUT2D eigenvalue weighted by Crippen LogP contribution is -2.44. The van der Waals surface area contributed by atoms with E-state index >= 15 is 0 Å². The molecule has 31 heavy (non-hydrogen) atoms. The largest absolute Gasteiger partial charge is 0.354 e. The highest BCUT2D eigenvalue weighted by atomic mass is 35.5. The monoisotopic (exact) mass is 461 g/mol. The third-order valence-corrected chi connectivity index (χ3v) is 6.50. The van der Waals surface area contributed by atoms with Gasteiger partial charge in [0, 0.05) is 50.1 Å². The van der Waals surface area contributed by atoms with Gasteiger partial charge in [-0.15, -0.1) is 0 Å². The van der Waals surface area contributed by atoms with Gasteiger partial charge in [-0.2, -0.15) is 0 Å². The van der Waals surface area contributed by atoms with E-state index in [1.54, 1.807) is 11.8 Å². The highest BCUT2D eigenvalue weighted by Gasteiger charge is 2.17.